The Hall–Kier alpha value is -7.34. The maximum atomic E-state index is 16.1. The molecule has 0 bridgehead atoms. The molecule has 3 aliphatic heterocycles. The van der Waals surface area contributed by atoms with Gasteiger partial charge in [0, 0.05) is 49.9 Å². The summed E-state index contributed by atoms with van der Waals surface area (Å²) in [6.07, 6.45) is 1.29. The van der Waals surface area contributed by atoms with E-state index < -0.39 is 47.0 Å². The lowest BCUT2D eigenvalue weighted by Gasteiger charge is -2.40. The highest BCUT2D eigenvalue weighted by Gasteiger charge is 2.45. The Balaban J connectivity index is 1.01. The highest BCUT2D eigenvalue weighted by molar-refractivity contribution is 6.25. The first-order valence-electron chi connectivity index (χ1n) is 20.3. The van der Waals surface area contributed by atoms with Gasteiger partial charge < -0.3 is 24.6 Å². The number of nitrogens with one attached hydrogen (secondary N) is 2. The van der Waals surface area contributed by atoms with Gasteiger partial charge in [-0.2, -0.15) is 4.98 Å². The number of halogens is 2. The van der Waals surface area contributed by atoms with Gasteiger partial charge >= 0.3 is 5.69 Å². The van der Waals surface area contributed by atoms with E-state index >= 15 is 8.78 Å². The van der Waals surface area contributed by atoms with Crippen LogP contribution in [-0.4, -0.2) is 112 Å². The SMILES string of the molecule is C=CC(=O)N1CCN(c2nc(=O)n(-c3c(C)cccc3OCCOCCNc3cccc4c3C(=O)N(C3CCC(=O)NC3=O)C4=O)c3nc(-c4ccccc4F)c(F)cc23)[C@@H](C)C1. The number of carbonyl (C=O) groups is 5. The molecule has 2 aromatic heterocycles. The smallest absolute Gasteiger partial charge is 0.355 e. The number of anilines is 2. The molecule has 324 valence electrons. The van der Waals surface area contributed by atoms with Crippen molar-refractivity contribution in [2.75, 3.05) is 56.2 Å². The lowest BCUT2D eigenvalue weighted by atomic mass is 10.0. The predicted molar refractivity (Wildman–Crippen MR) is 227 cm³/mol. The van der Waals surface area contributed by atoms with Crippen molar-refractivity contribution in [3.63, 3.8) is 0 Å². The number of fused-ring (bicyclic) bond motifs is 2. The molecule has 3 aromatic carbocycles. The number of piperazine rings is 1. The van der Waals surface area contributed by atoms with E-state index in [4.69, 9.17) is 9.47 Å². The Morgan fingerprint density at radius 2 is 1.71 bits per heavy atom. The van der Waals surface area contributed by atoms with Crippen molar-refractivity contribution in [3.05, 3.63) is 118 Å². The molecule has 2 N–H and O–H groups in total. The molecular formula is C45H42F2N8O8. The second-order valence-electron chi connectivity index (χ2n) is 15.2. The van der Waals surface area contributed by atoms with Crippen molar-refractivity contribution in [3.8, 4) is 22.7 Å². The van der Waals surface area contributed by atoms with Gasteiger partial charge in [0.15, 0.2) is 5.65 Å². The minimum absolute atomic E-state index is 0.00994. The number of pyridine rings is 1. The zero-order chi connectivity index (χ0) is 44.5. The van der Waals surface area contributed by atoms with Gasteiger partial charge in [-0.1, -0.05) is 36.9 Å². The van der Waals surface area contributed by atoms with Crippen LogP contribution in [0.25, 0.3) is 28.0 Å². The normalized spacial score (nSPS) is 17.6. The third-order valence-corrected chi connectivity index (χ3v) is 11.3. The average molecular weight is 861 g/mol. The summed E-state index contributed by atoms with van der Waals surface area (Å²) in [6.45, 7) is 8.59. The van der Waals surface area contributed by atoms with E-state index in [0.717, 1.165) is 4.90 Å². The summed E-state index contributed by atoms with van der Waals surface area (Å²) < 4.78 is 44.5. The Morgan fingerprint density at radius 1 is 0.937 bits per heavy atom. The maximum absolute atomic E-state index is 16.1. The number of aromatic nitrogens is 3. The lowest BCUT2D eigenvalue weighted by Crippen LogP contribution is -2.54. The van der Waals surface area contributed by atoms with Crippen molar-refractivity contribution in [2.24, 2.45) is 0 Å². The molecule has 2 saturated heterocycles. The van der Waals surface area contributed by atoms with Crippen LogP contribution in [0.1, 0.15) is 46.0 Å². The molecule has 5 heterocycles. The van der Waals surface area contributed by atoms with Gasteiger partial charge in [0.2, 0.25) is 17.7 Å². The fourth-order valence-corrected chi connectivity index (χ4v) is 8.24. The van der Waals surface area contributed by atoms with Crippen LogP contribution in [0, 0.1) is 18.6 Å². The Morgan fingerprint density at radius 3 is 2.48 bits per heavy atom. The minimum atomic E-state index is -1.09. The molecule has 5 aromatic rings. The van der Waals surface area contributed by atoms with Crippen LogP contribution in [0.15, 0.2) is 84.2 Å². The fraction of sp³-hybridized carbons (Fsp3) is 0.289. The summed E-state index contributed by atoms with van der Waals surface area (Å²) in [7, 11) is 0. The number of carbonyl (C=O) groups excluding carboxylic acids is 5. The quantitative estimate of drug-likeness (QED) is 0.0981. The van der Waals surface area contributed by atoms with E-state index in [9.17, 15) is 28.8 Å². The van der Waals surface area contributed by atoms with Crippen LogP contribution in [-0.2, 0) is 19.1 Å². The van der Waals surface area contributed by atoms with Crippen molar-refractivity contribution in [1.82, 2.24) is 29.7 Å². The van der Waals surface area contributed by atoms with Crippen LogP contribution >= 0.6 is 0 Å². The summed E-state index contributed by atoms with van der Waals surface area (Å²) in [6, 6.07) is 15.3. The highest BCUT2D eigenvalue weighted by atomic mass is 19.1. The number of piperidine rings is 1. The van der Waals surface area contributed by atoms with Crippen LogP contribution in [0.5, 0.6) is 5.75 Å². The molecular weight excluding hydrogens is 819 g/mol. The number of aryl methyl sites for hydroxylation is 1. The fourth-order valence-electron chi connectivity index (χ4n) is 8.24. The molecule has 18 heteroatoms. The maximum Gasteiger partial charge on any atom is 0.355 e. The van der Waals surface area contributed by atoms with Crippen LogP contribution in [0.2, 0.25) is 0 Å². The Bertz CT molecular complexity index is 2780. The molecule has 2 atom stereocenters. The van der Waals surface area contributed by atoms with E-state index in [2.05, 4.69) is 27.2 Å². The first-order chi connectivity index (χ1) is 30.4. The summed E-state index contributed by atoms with van der Waals surface area (Å²) in [5.41, 5.74) is 0.394. The molecule has 8 rings (SSSR count). The molecule has 0 spiro atoms. The van der Waals surface area contributed by atoms with Gasteiger partial charge in [0.05, 0.1) is 35.4 Å². The monoisotopic (exact) mass is 860 g/mol. The molecule has 0 radical (unpaired) electrons. The van der Waals surface area contributed by atoms with E-state index in [1.54, 1.807) is 48.2 Å². The van der Waals surface area contributed by atoms with Crippen molar-refractivity contribution in [1.29, 1.82) is 0 Å². The number of amides is 5. The summed E-state index contributed by atoms with van der Waals surface area (Å²) >= 11 is 0. The van der Waals surface area contributed by atoms with Crippen LogP contribution in [0.4, 0.5) is 20.3 Å². The van der Waals surface area contributed by atoms with E-state index in [1.807, 2.05) is 11.8 Å². The van der Waals surface area contributed by atoms with Crippen LogP contribution < -0.4 is 26.0 Å². The topological polar surface area (TPSA) is 185 Å². The van der Waals surface area contributed by atoms with Gasteiger partial charge in [0.25, 0.3) is 11.8 Å². The average Bonchev–Trinajstić information content (AvgIpc) is 3.52. The number of benzene rings is 3. The number of rotatable bonds is 13. The molecule has 1 unspecified atom stereocenters. The number of imide groups is 2. The molecule has 0 aliphatic carbocycles. The van der Waals surface area contributed by atoms with Crippen molar-refractivity contribution >= 4 is 52.1 Å². The molecule has 16 nitrogen and oxygen atoms in total. The van der Waals surface area contributed by atoms with Gasteiger partial charge in [-0.15, -0.1) is 0 Å². The second kappa shape index (κ2) is 17.6. The number of nitrogens with zero attached hydrogens (tertiary/aromatic N) is 6. The zero-order valence-corrected chi connectivity index (χ0v) is 34.4. The number of hydrogen-bond donors (Lipinski definition) is 2. The number of para-hydroxylation sites is 1. The molecule has 2 fully saturated rings. The van der Waals surface area contributed by atoms with E-state index in [1.165, 1.54) is 41.0 Å². The molecule has 0 saturated carbocycles. The van der Waals surface area contributed by atoms with Gasteiger partial charge in [-0.25, -0.2) is 23.1 Å². The van der Waals surface area contributed by atoms with Crippen LogP contribution in [0.3, 0.4) is 0 Å². The Kier molecular flexibility index (Phi) is 11.8. The van der Waals surface area contributed by atoms with Crippen molar-refractivity contribution in [2.45, 2.75) is 38.8 Å². The summed E-state index contributed by atoms with van der Waals surface area (Å²) in [4.78, 5) is 91.0. The van der Waals surface area contributed by atoms with Gasteiger partial charge in [0.1, 0.15) is 41.5 Å². The third kappa shape index (κ3) is 8.00. The minimum Gasteiger partial charge on any atom is -0.489 e. The standard InChI is InChI=1S/C45H42F2N8O8/c1-4-36(57)52-18-19-53(26(3)24-52)40-29-23-31(47)38(27-10-5-6-12-30(27)46)50-41(29)55(45(61)51-40)39-25(2)9-7-14-34(39)63-22-21-62-20-17-48-32-13-8-11-28-37(32)44(60)54(43(28)59)33-15-16-35(56)49-42(33)58/h4-14,23,26,33,48H,1,15-22,24H2,2-3H3,(H,49,56,58)/t26-,33?/m0/s1. The molecule has 3 aliphatic rings. The molecule has 5 amide bonds. The van der Waals surface area contributed by atoms with E-state index in [0.29, 0.717) is 24.3 Å². The van der Waals surface area contributed by atoms with Gasteiger partial charge in [-0.3, -0.25) is 34.2 Å². The third-order valence-electron chi connectivity index (χ3n) is 11.3. The highest BCUT2D eigenvalue weighted by Crippen LogP contribution is 2.36. The molecule has 63 heavy (non-hydrogen) atoms. The second-order valence-corrected chi connectivity index (χ2v) is 15.2. The Labute approximate surface area is 359 Å². The number of hydrogen-bond acceptors (Lipinski definition) is 12. The largest absolute Gasteiger partial charge is 0.489 e. The summed E-state index contributed by atoms with van der Waals surface area (Å²) in [5, 5.41) is 5.50. The lowest BCUT2D eigenvalue weighted by molar-refractivity contribution is -0.136. The first kappa shape index (κ1) is 42.4. The van der Waals surface area contributed by atoms with E-state index in [-0.39, 0.29) is 108 Å². The number of ether oxygens (including phenoxy) is 2. The van der Waals surface area contributed by atoms with Gasteiger partial charge in [-0.05, 0) is 68.3 Å². The van der Waals surface area contributed by atoms with Crippen molar-refractivity contribution < 1.29 is 42.2 Å². The first-order valence-corrected chi connectivity index (χ1v) is 20.3. The predicted octanol–water partition coefficient (Wildman–Crippen LogP) is 4.17. The summed E-state index contributed by atoms with van der Waals surface area (Å²) in [5.74, 6) is -3.74. The zero-order valence-electron chi connectivity index (χ0n) is 34.4.